The molecule has 2 atom stereocenters. The maximum Gasteiger partial charge on any atom is 0.163 e. The molecule has 0 spiro atoms. The number of aliphatic hydroxyl groups is 1. The minimum atomic E-state index is -0.685. The van der Waals surface area contributed by atoms with Crippen molar-refractivity contribution in [3.05, 3.63) is 24.2 Å². The summed E-state index contributed by atoms with van der Waals surface area (Å²) in [4.78, 5) is 0. The average molecular weight is 198 g/mol. The zero-order valence-electron chi connectivity index (χ0n) is 8.27. The SMILES string of the molecule is CC1(C)OC[C@H]([C@H](O)c2ccoc2)O1. The molecule has 0 radical (unpaired) electrons. The Morgan fingerprint density at radius 2 is 2.36 bits per heavy atom. The van der Waals surface area contributed by atoms with E-state index in [1.165, 1.54) is 12.5 Å². The number of rotatable bonds is 2. The van der Waals surface area contributed by atoms with Crippen LogP contribution in [0.4, 0.5) is 0 Å². The first-order valence-electron chi connectivity index (χ1n) is 4.60. The van der Waals surface area contributed by atoms with E-state index < -0.39 is 11.9 Å². The fourth-order valence-corrected chi connectivity index (χ4v) is 1.53. The molecule has 1 fully saturated rings. The van der Waals surface area contributed by atoms with Crippen LogP contribution in [-0.4, -0.2) is 23.6 Å². The van der Waals surface area contributed by atoms with Crippen LogP contribution in [0.25, 0.3) is 0 Å². The zero-order chi connectivity index (χ0) is 10.2. The highest BCUT2D eigenvalue weighted by Crippen LogP contribution is 2.30. The molecule has 1 N–H and O–H groups in total. The van der Waals surface area contributed by atoms with Gasteiger partial charge in [-0.1, -0.05) is 0 Å². The van der Waals surface area contributed by atoms with Gasteiger partial charge in [0.05, 0.1) is 19.1 Å². The largest absolute Gasteiger partial charge is 0.472 e. The molecular weight excluding hydrogens is 184 g/mol. The Hall–Kier alpha value is -0.840. The van der Waals surface area contributed by atoms with Gasteiger partial charge >= 0.3 is 0 Å². The summed E-state index contributed by atoms with van der Waals surface area (Å²) < 4.78 is 15.8. The van der Waals surface area contributed by atoms with Crippen molar-refractivity contribution >= 4 is 0 Å². The lowest BCUT2D eigenvalue weighted by Crippen LogP contribution is -2.25. The van der Waals surface area contributed by atoms with Gasteiger partial charge in [0.1, 0.15) is 12.2 Å². The Morgan fingerprint density at radius 1 is 1.57 bits per heavy atom. The first-order valence-corrected chi connectivity index (χ1v) is 4.60. The smallest absolute Gasteiger partial charge is 0.163 e. The van der Waals surface area contributed by atoms with Gasteiger partial charge in [0.2, 0.25) is 0 Å². The van der Waals surface area contributed by atoms with Crippen LogP contribution in [0, 0.1) is 0 Å². The fraction of sp³-hybridized carbons (Fsp3) is 0.600. The van der Waals surface area contributed by atoms with Crippen LogP contribution >= 0.6 is 0 Å². The summed E-state index contributed by atoms with van der Waals surface area (Å²) in [5, 5.41) is 9.88. The number of hydrogen-bond donors (Lipinski definition) is 1. The molecule has 14 heavy (non-hydrogen) atoms. The van der Waals surface area contributed by atoms with E-state index in [-0.39, 0.29) is 6.10 Å². The van der Waals surface area contributed by atoms with Crippen molar-refractivity contribution in [2.75, 3.05) is 6.61 Å². The summed E-state index contributed by atoms with van der Waals surface area (Å²) in [6.45, 7) is 4.06. The van der Waals surface area contributed by atoms with Crippen molar-refractivity contribution in [3.63, 3.8) is 0 Å². The highest BCUT2D eigenvalue weighted by Gasteiger charge is 2.37. The highest BCUT2D eigenvalue weighted by molar-refractivity contribution is 5.11. The van der Waals surface area contributed by atoms with Crippen molar-refractivity contribution in [1.29, 1.82) is 0 Å². The lowest BCUT2D eigenvalue weighted by atomic mass is 10.1. The Morgan fingerprint density at radius 3 is 2.86 bits per heavy atom. The molecule has 0 unspecified atom stereocenters. The average Bonchev–Trinajstić information content (AvgIpc) is 2.72. The third-order valence-corrected chi connectivity index (χ3v) is 2.27. The monoisotopic (exact) mass is 198 g/mol. The first kappa shape index (κ1) is 9.71. The summed E-state index contributed by atoms with van der Waals surface area (Å²) in [7, 11) is 0. The van der Waals surface area contributed by atoms with E-state index in [1.807, 2.05) is 13.8 Å². The Balaban J connectivity index is 2.04. The minimum Gasteiger partial charge on any atom is -0.472 e. The van der Waals surface area contributed by atoms with E-state index in [4.69, 9.17) is 13.9 Å². The second kappa shape index (κ2) is 3.38. The Labute approximate surface area is 82.4 Å². The van der Waals surface area contributed by atoms with Crippen molar-refractivity contribution in [2.24, 2.45) is 0 Å². The quantitative estimate of drug-likeness (QED) is 0.781. The molecular formula is C10H14O4. The summed E-state index contributed by atoms with van der Waals surface area (Å²) >= 11 is 0. The van der Waals surface area contributed by atoms with Crippen LogP contribution < -0.4 is 0 Å². The molecule has 2 heterocycles. The van der Waals surface area contributed by atoms with Crippen LogP contribution in [0.2, 0.25) is 0 Å². The lowest BCUT2D eigenvalue weighted by Gasteiger charge is -2.19. The predicted molar refractivity (Wildman–Crippen MR) is 48.6 cm³/mol. The van der Waals surface area contributed by atoms with Gasteiger partial charge in [0, 0.05) is 5.56 Å². The molecule has 1 aromatic heterocycles. The van der Waals surface area contributed by atoms with Gasteiger partial charge in [-0.05, 0) is 19.9 Å². The number of hydrogen-bond acceptors (Lipinski definition) is 4. The lowest BCUT2D eigenvalue weighted by molar-refractivity contribution is -0.151. The number of furan rings is 1. The van der Waals surface area contributed by atoms with E-state index in [0.29, 0.717) is 6.61 Å². The molecule has 0 aromatic carbocycles. The Bertz CT molecular complexity index is 291. The molecule has 1 aliphatic heterocycles. The van der Waals surface area contributed by atoms with E-state index >= 15 is 0 Å². The van der Waals surface area contributed by atoms with Gasteiger partial charge in [-0.3, -0.25) is 0 Å². The van der Waals surface area contributed by atoms with Gasteiger partial charge in [-0.2, -0.15) is 0 Å². The number of aliphatic hydroxyl groups excluding tert-OH is 1. The molecule has 0 saturated carbocycles. The zero-order valence-corrected chi connectivity index (χ0v) is 8.27. The molecule has 1 aromatic rings. The fourth-order valence-electron chi connectivity index (χ4n) is 1.53. The molecule has 2 rings (SSSR count). The van der Waals surface area contributed by atoms with Gasteiger partial charge in [-0.25, -0.2) is 0 Å². The van der Waals surface area contributed by atoms with E-state index in [2.05, 4.69) is 0 Å². The molecule has 4 nitrogen and oxygen atoms in total. The van der Waals surface area contributed by atoms with Gasteiger partial charge in [0.15, 0.2) is 5.79 Å². The molecule has 0 aliphatic carbocycles. The standard InChI is InChI=1S/C10H14O4/c1-10(2)13-6-8(14-10)9(11)7-3-4-12-5-7/h3-5,8-9,11H,6H2,1-2H3/t8-,9-/m1/s1. The van der Waals surface area contributed by atoms with Crippen molar-refractivity contribution < 1.29 is 19.0 Å². The molecule has 0 amide bonds. The van der Waals surface area contributed by atoms with Gasteiger partial charge in [-0.15, -0.1) is 0 Å². The van der Waals surface area contributed by atoms with Crippen molar-refractivity contribution in [3.8, 4) is 0 Å². The normalized spacial score (nSPS) is 27.8. The molecule has 1 aliphatic rings. The topological polar surface area (TPSA) is 51.8 Å². The van der Waals surface area contributed by atoms with Gasteiger partial charge < -0.3 is 19.0 Å². The third kappa shape index (κ3) is 1.82. The maximum absolute atomic E-state index is 9.88. The van der Waals surface area contributed by atoms with Crippen molar-refractivity contribution in [2.45, 2.75) is 31.8 Å². The van der Waals surface area contributed by atoms with E-state index in [1.54, 1.807) is 6.07 Å². The molecule has 0 bridgehead atoms. The predicted octanol–water partition coefficient (Wildman–Crippen LogP) is 1.46. The minimum absolute atomic E-state index is 0.317. The molecule has 1 saturated heterocycles. The van der Waals surface area contributed by atoms with Crippen LogP contribution in [0.15, 0.2) is 23.0 Å². The number of ether oxygens (including phenoxy) is 2. The van der Waals surface area contributed by atoms with Gasteiger partial charge in [0.25, 0.3) is 0 Å². The van der Waals surface area contributed by atoms with Crippen LogP contribution in [0.1, 0.15) is 25.5 Å². The summed E-state index contributed by atoms with van der Waals surface area (Å²) in [6.07, 6.45) is 2.04. The first-order chi connectivity index (χ1) is 6.58. The highest BCUT2D eigenvalue weighted by atomic mass is 16.7. The van der Waals surface area contributed by atoms with Crippen molar-refractivity contribution in [1.82, 2.24) is 0 Å². The summed E-state index contributed by atoms with van der Waals surface area (Å²) in [6, 6.07) is 1.72. The third-order valence-electron chi connectivity index (χ3n) is 2.27. The van der Waals surface area contributed by atoms with E-state index in [9.17, 15) is 5.11 Å². The summed E-state index contributed by atoms with van der Waals surface area (Å²) in [5.41, 5.74) is 0.719. The Kier molecular flexibility index (Phi) is 2.34. The summed E-state index contributed by atoms with van der Waals surface area (Å²) in [5.74, 6) is -0.602. The molecule has 78 valence electrons. The van der Waals surface area contributed by atoms with Crippen LogP contribution in [-0.2, 0) is 9.47 Å². The van der Waals surface area contributed by atoms with E-state index in [0.717, 1.165) is 5.56 Å². The maximum atomic E-state index is 9.88. The van der Waals surface area contributed by atoms with Crippen LogP contribution in [0.3, 0.4) is 0 Å². The second-order valence-electron chi connectivity index (χ2n) is 3.87. The van der Waals surface area contributed by atoms with Crippen LogP contribution in [0.5, 0.6) is 0 Å². The second-order valence-corrected chi connectivity index (χ2v) is 3.87. The molecule has 4 heteroatoms.